The van der Waals surface area contributed by atoms with Crippen LogP contribution in [0.15, 0.2) is 0 Å². The van der Waals surface area contributed by atoms with Crippen LogP contribution in [-0.4, -0.2) is 209 Å². The summed E-state index contributed by atoms with van der Waals surface area (Å²) in [4.78, 5) is 0. The first-order valence-electron chi connectivity index (χ1n) is 24.0. The normalized spacial score (nSPS) is 56.1. The Hall–Kier alpha value is -0.800. The Bertz CT molecular complexity index is 1600. The molecule has 0 unspecified atom stereocenters. The summed E-state index contributed by atoms with van der Waals surface area (Å²) in [7, 11) is 0. The van der Waals surface area contributed by atoms with Crippen molar-refractivity contribution in [2.24, 2.45) is 52.3 Å². The van der Waals surface area contributed by atoms with Gasteiger partial charge in [-0.15, -0.1) is 0 Å². The highest BCUT2D eigenvalue weighted by Crippen LogP contribution is 2.71. The number of fused-ring (bicyclic) bond motifs is 7. The van der Waals surface area contributed by atoms with Crippen molar-refractivity contribution < 1.29 is 99.5 Å². The molecule has 20 nitrogen and oxygen atoms in total. The van der Waals surface area contributed by atoms with Crippen molar-refractivity contribution in [2.75, 3.05) is 26.4 Å². The van der Waals surface area contributed by atoms with E-state index in [0.717, 1.165) is 25.7 Å². The number of hydrogen-bond donors (Lipinski definition) is 13. The van der Waals surface area contributed by atoms with Gasteiger partial charge < -0.3 is 99.5 Å². The van der Waals surface area contributed by atoms with Crippen LogP contribution in [0.4, 0.5) is 0 Å². The van der Waals surface area contributed by atoms with Gasteiger partial charge in [0.15, 0.2) is 24.7 Å². The van der Waals surface area contributed by atoms with E-state index in [4.69, 9.17) is 33.2 Å². The molecule has 4 saturated carbocycles. The molecule has 28 atom stereocenters. The number of aliphatic hydroxyl groups excluding tert-OH is 12. The van der Waals surface area contributed by atoms with Gasteiger partial charge in [-0.3, -0.25) is 0 Å². The molecular weight excluding hydrogens is 860 g/mol. The van der Waals surface area contributed by atoms with Gasteiger partial charge in [0.1, 0.15) is 73.2 Å². The van der Waals surface area contributed by atoms with Crippen molar-refractivity contribution in [3.8, 4) is 0 Å². The molecule has 4 aliphatic heterocycles. The lowest BCUT2D eigenvalue weighted by Crippen LogP contribution is -2.65. The van der Waals surface area contributed by atoms with Crippen LogP contribution in [0.5, 0.6) is 0 Å². The highest BCUT2D eigenvalue weighted by atomic mass is 16.8. The van der Waals surface area contributed by atoms with Crippen LogP contribution >= 0.6 is 0 Å². The fourth-order valence-corrected chi connectivity index (χ4v) is 14.1. The van der Waals surface area contributed by atoms with Gasteiger partial charge in [0.2, 0.25) is 0 Å². The van der Waals surface area contributed by atoms with Gasteiger partial charge in [-0.1, -0.05) is 27.7 Å². The second-order valence-electron chi connectivity index (χ2n) is 21.5. The summed E-state index contributed by atoms with van der Waals surface area (Å²) in [6.07, 6.45) is -17.3. The number of rotatable bonds is 13. The van der Waals surface area contributed by atoms with E-state index in [1.165, 1.54) is 0 Å². The highest BCUT2D eigenvalue weighted by Gasteiger charge is 2.71. The maximum atomic E-state index is 12.3. The van der Waals surface area contributed by atoms with Crippen LogP contribution in [-0.2, 0) is 33.2 Å². The summed E-state index contributed by atoms with van der Waals surface area (Å²) < 4.78 is 41.8. The quantitative estimate of drug-likeness (QED) is 0.0829. The van der Waals surface area contributed by atoms with Gasteiger partial charge >= 0.3 is 0 Å². The smallest absolute Gasteiger partial charge is 0.187 e. The second-order valence-corrected chi connectivity index (χ2v) is 21.5. The zero-order chi connectivity index (χ0) is 47.1. The van der Waals surface area contributed by atoms with E-state index in [-0.39, 0.29) is 59.7 Å². The van der Waals surface area contributed by atoms with Crippen molar-refractivity contribution >= 4 is 0 Å². The average Bonchev–Trinajstić information content (AvgIpc) is 3.73. The molecule has 4 aliphatic carbocycles. The molecule has 0 spiro atoms. The fraction of sp³-hybridized carbons (Fsp3) is 1.00. The van der Waals surface area contributed by atoms with Crippen molar-refractivity contribution in [1.29, 1.82) is 0 Å². The van der Waals surface area contributed by atoms with Crippen molar-refractivity contribution in [3.05, 3.63) is 0 Å². The number of hydrogen-bond acceptors (Lipinski definition) is 20. The molecular formula is C45H76O20. The summed E-state index contributed by atoms with van der Waals surface area (Å²) in [5.41, 5.74) is -0.618. The molecule has 8 rings (SSSR count). The molecule has 4 saturated heterocycles. The van der Waals surface area contributed by atoms with Crippen LogP contribution < -0.4 is 0 Å². The number of aliphatic hydroxyl groups is 13. The molecule has 8 aliphatic rings. The topological polar surface area (TPSA) is 328 Å². The van der Waals surface area contributed by atoms with Gasteiger partial charge in [0.25, 0.3) is 0 Å². The maximum absolute atomic E-state index is 12.3. The Kier molecular flexibility index (Phi) is 15.1. The van der Waals surface area contributed by atoms with E-state index < -0.39 is 129 Å². The maximum Gasteiger partial charge on any atom is 0.187 e. The first kappa shape index (κ1) is 50.6. The van der Waals surface area contributed by atoms with E-state index >= 15 is 0 Å². The molecule has 0 amide bonds. The minimum absolute atomic E-state index is 0.0750. The summed E-state index contributed by atoms with van der Waals surface area (Å²) >= 11 is 0. The Labute approximate surface area is 379 Å². The molecule has 0 radical (unpaired) electrons. The predicted molar refractivity (Wildman–Crippen MR) is 220 cm³/mol. The van der Waals surface area contributed by atoms with Gasteiger partial charge in [-0.2, -0.15) is 0 Å². The Morgan fingerprint density at radius 1 is 0.646 bits per heavy atom. The van der Waals surface area contributed by atoms with Crippen molar-refractivity contribution in [1.82, 2.24) is 0 Å². The molecule has 0 aromatic rings. The molecule has 0 aromatic heterocycles. The van der Waals surface area contributed by atoms with E-state index in [2.05, 4.69) is 13.8 Å². The fourth-order valence-electron chi connectivity index (χ4n) is 14.1. The van der Waals surface area contributed by atoms with E-state index in [1.807, 2.05) is 13.8 Å². The Morgan fingerprint density at radius 3 is 1.86 bits per heavy atom. The minimum atomic E-state index is -1.77. The van der Waals surface area contributed by atoms with Crippen LogP contribution in [0, 0.1) is 52.3 Å². The molecule has 65 heavy (non-hydrogen) atoms. The first-order chi connectivity index (χ1) is 30.7. The van der Waals surface area contributed by atoms with Crippen LogP contribution in [0.2, 0.25) is 0 Å². The Balaban J connectivity index is 0.886. The highest BCUT2D eigenvalue weighted by molar-refractivity contribution is 5.17. The van der Waals surface area contributed by atoms with Crippen molar-refractivity contribution in [2.45, 2.75) is 202 Å². The third-order valence-electron chi connectivity index (χ3n) is 18.1. The molecule has 8 fully saturated rings. The average molecular weight is 937 g/mol. The Morgan fingerprint density at radius 2 is 1.23 bits per heavy atom. The molecule has 13 N–H and O–H groups in total. The number of ether oxygens (including phenoxy) is 7. The van der Waals surface area contributed by atoms with Gasteiger partial charge in [-0.25, -0.2) is 0 Å². The van der Waals surface area contributed by atoms with Crippen LogP contribution in [0.1, 0.15) is 85.5 Å². The van der Waals surface area contributed by atoms with E-state index in [9.17, 15) is 66.4 Å². The third-order valence-corrected chi connectivity index (χ3v) is 18.1. The van der Waals surface area contributed by atoms with E-state index in [0.29, 0.717) is 38.0 Å². The zero-order valence-electron chi connectivity index (χ0n) is 37.8. The molecule has 4 heterocycles. The summed E-state index contributed by atoms with van der Waals surface area (Å²) in [5, 5.41) is 137. The second kappa shape index (κ2) is 19.4. The van der Waals surface area contributed by atoms with E-state index in [1.54, 1.807) is 0 Å². The lowest BCUT2D eigenvalue weighted by atomic mass is 9.43. The minimum Gasteiger partial charge on any atom is -0.394 e. The standard InChI is InChI=1S/C45H76O20/c1-18(17-59-40-37(56)34(53)31(50)26(14-46)61-40)7-10-45(58)19(2)30-25(65-45)12-24-22-6-5-20-11-21(8-9-43(20,3)23(22)13-29(49)44(24,30)4)60-42-39(36(55)33(52)28(16-48)63-42)64-41-38(57)35(54)32(51)27(15-47)62-41/h18-42,46-58H,5-17H2,1-4H3/t18-,19+,20-,21+,22-,23+,24+,25+,26-,27-,28-,29+,30+,31-,32-,33+,34+,35+,36+,37-,38-,39-,40-,41+,42-,43+,44-,45-/m1/s1. The van der Waals surface area contributed by atoms with Gasteiger partial charge in [0.05, 0.1) is 44.7 Å². The van der Waals surface area contributed by atoms with Crippen molar-refractivity contribution in [3.63, 3.8) is 0 Å². The van der Waals surface area contributed by atoms with Crippen LogP contribution in [0.25, 0.3) is 0 Å². The van der Waals surface area contributed by atoms with Crippen LogP contribution in [0.3, 0.4) is 0 Å². The molecule has 0 bridgehead atoms. The predicted octanol–water partition coefficient (Wildman–Crippen LogP) is -2.81. The lowest BCUT2D eigenvalue weighted by molar-refractivity contribution is -0.373. The molecule has 20 heteroatoms. The third kappa shape index (κ3) is 8.78. The summed E-state index contributed by atoms with van der Waals surface area (Å²) in [5.74, 6) is -0.943. The zero-order valence-corrected chi connectivity index (χ0v) is 37.8. The van der Waals surface area contributed by atoms with Gasteiger partial charge in [0, 0.05) is 23.7 Å². The monoisotopic (exact) mass is 936 g/mol. The largest absolute Gasteiger partial charge is 0.394 e. The molecule has 376 valence electrons. The molecule has 0 aromatic carbocycles. The lowest BCUT2D eigenvalue weighted by Gasteiger charge is -2.62. The summed E-state index contributed by atoms with van der Waals surface area (Å²) in [6.45, 7) is 6.70. The first-order valence-corrected chi connectivity index (χ1v) is 24.0. The summed E-state index contributed by atoms with van der Waals surface area (Å²) in [6, 6.07) is 0. The van der Waals surface area contributed by atoms with Gasteiger partial charge in [-0.05, 0) is 86.4 Å². The SMILES string of the molecule is C[C@H](CC[C@@]1(O)O[C@H]2C[C@H]3[C@@H]4CC[C@@H]5C[C@@H](O[C@@H]6O[C@H](CO)[C@H](O)[C@H](O)[C@H]6O[C@@H]6O[C@H](CO)[C@@H](O)[C@H](O)[C@H]6O)CC[C@]5(C)[C@H]4C[C@H](O)[C@]3(C)[C@H]2[C@@H]1C)CO[C@@H]1O[C@H](CO)[C@@H](O)[C@H](O)[C@H]1O.